The molecule has 0 amide bonds. The molecule has 2 heteroatoms. The molecule has 2 aromatic rings. The molecule has 0 radical (unpaired) electrons. The topological polar surface area (TPSA) is 17.8 Å². The molecule has 0 aliphatic heterocycles. The van der Waals surface area contributed by atoms with Gasteiger partial charge in [0.25, 0.3) is 0 Å². The Kier molecular flexibility index (Phi) is 1.29. The van der Waals surface area contributed by atoms with E-state index in [1.54, 1.807) is 0 Å². The SMILES string of the molecule is Cn1cc(C2CC2)c2cccnc21. The van der Waals surface area contributed by atoms with E-state index in [4.69, 9.17) is 0 Å². The molecule has 2 nitrogen and oxygen atoms in total. The Morgan fingerprint density at radius 2 is 2.31 bits per heavy atom. The number of pyridine rings is 1. The number of aryl methyl sites for hydroxylation is 1. The van der Waals surface area contributed by atoms with Crippen molar-refractivity contribution in [3.63, 3.8) is 0 Å². The quantitative estimate of drug-likeness (QED) is 0.646. The summed E-state index contributed by atoms with van der Waals surface area (Å²) in [6.07, 6.45) is 6.80. The van der Waals surface area contributed by atoms with Crippen LogP contribution in [0, 0.1) is 0 Å². The predicted octanol–water partition coefficient (Wildman–Crippen LogP) is 2.45. The van der Waals surface area contributed by atoms with Gasteiger partial charge in [-0.25, -0.2) is 4.98 Å². The summed E-state index contributed by atoms with van der Waals surface area (Å²) in [7, 11) is 2.07. The Balaban J connectivity index is 2.34. The summed E-state index contributed by atoms with van der Waals surface area (Å²) < 4.78 is 2.13. The van der Waals surface area contributed by atoms with Crippen LogP contribution in [0.3, 0.4) is 0 Å². The van der Waals surface area contributed by atoms with Crippen LogP contribution in [0.25, 0.3) is 11.0 Å². The molecule has 3 rings (SSSR count). The highest BCUT2D eigenvalue weighted by Crippen LogP contribution is 2.43. The Morgan fingerprint density at radius 3 is 3.08 bits per heavy atom. The van der Waals surface area contributed by atoms with E-state index in [2.05, 4.69) is 28.9 Å². The van der Waals surface area contributed by atoms with Gasteiger partial charge in [-0.1, -0.05) is 0 Å². The normalized spacial score (nSPS) is 16.7. The molecular weight excluding hydrogens is 160 g/mol. The van der Waals surface area contributed by atoms with E-state index < -0.39 is 0 Å². The highest BCUT2D eigenvalue weighted by Gasteiger charge is 2.26. The van der Waals surface area contributed by atoms with Crippen LogP contribution in [-0.2, 0) is 7.05 Å². The Labute approximate surface area is 77.2 Å². The van der Waals surface area contributed by atoms with Gasteiger partial charge < -0.3 is 4.57 Å². The average Bonchev–Trinajstić information content (AvgIpc) is 2.94. The molecule has 1 aliphatic carbocycles. The molecule has 2 heterocycles. The first-order valence-electron chi connectivity index (χ1n) is 4.76. The van der Waals surface area contributed by atoms with Crippen LogP contribution < -0.4 is 0 Å². The maximum atomic E-state index is 4.37. The molecule has 2 aromatic heterocycles. The van der Waals surface area contributed by atoms with Gasteiger partial charge in [-0.05, 0) is 36.5 Å². The van der Waals surface area contributed by atoms with Gasteiger partial charge in [-0.3, -0.25) is 0 Å². The fourth-order valence-corrected chi connectivity index (χ4v) is 1.96. The second-order valence-electron chi connectivity index (χ2n) is 3.84. The van der Waals surface area contributed by atoms with E-state index in [9.17, 15) is 0 Å². The summed E-state index contributed by atoms with van der Waals surface area (Å²) in [6, 6.07) is 4.20. The van der Waals surface area contributed by atoms with Gasteiger partial charge in [-0.2, -0.15) is 0 Å². The van der Waals surface area contributed by atoms with Crippen LogP contribution in [0.15, 0.2) is 24.5 Å². The number of fused-ring (bicyclic) bond motifs is 1. The highest BCUT2D eigenvalue weighted by atomic mass is 15.0. The van der Waals surface area contributed by atoms with Crippen molar-refractivity contribution in [1.29, 1.82) is 0 Å². The third-order valence-corrected chi connectivity index (χ3v) is 2.78. The summed E-state index contributed by atoms with van der Waals surface area (Å²) in [5.74, 6) is 0.813. The third kappa shape index (κ3) is 0.981. The van der Waals surface area contributed by atoms with Crippen molar-refractivity contribution in [1.82, 2.24) is 9.55 Å². The van der Waals surface area contributed by atoms with Crippen molar-refractivity contribution in [2.24, 2.45) is 7.05 Å². The second-order valence-corrected chi connectivity index (χ2v) is 3.84. The molecule has 0 bridgehead atoms. The lowest BCUT2D eigenvalue weighted by Crippen LogP contribution is -1.85. The monoisotopic (exact) mass is 172 g/mol. The zero-order chi connectivity index (χ0) is 8.84. The first-order valence-corrected chi connectivity index (χ1v) is 4.76. The molecule has 0 unspecified atom stereocenters. The summed E-state index contributed by atoms with van der Waals surface area (Å²) in [5, 5.41) is 1.34. The molecule has 0 spiro atoms. The summed E-state index contributed by atoms with van der Waals surface area (Å²) in [4.78, 5) is 4.37. The Hall–Kier alpha value is -1.31. The molecule has 66 valence electrons. The number of nitrogens with zero attached hydrogens (tertiary/aromatic N) is 2. The zero-order valence-electron chi connectivity index (χ0n) is 7.70. The molecule has 1 fully saturated rings. The number of hydrogen-bond acceptors (Lipinski definition) is 1. The fourth-order valence-electron chi connectivity index (χ4n) is 1.96. The fraction of sp³-hybridized carbons (Fsp3) is 0.364. The van der Waals surface area contributed by atoms with Gasteiger partial charge >= 0.3 is 0 Å². The van der Waals surface area contributed by atoms with Gasteiger partial charge in [0, 0.05) is 24.8 Å². The van der Waals surface area contributed by atoms with Gasteiger partial charge in [-0.15, -0.1) is 0 Å². The molecule has 1 saturated carbocycles. The van der Waals surface area contributed by atoms with Crippen molar-refractivity contribution < 1.29 is 0 Å². The van der Waals surface area contributed by atoms with E-state index in [-0.39, 0.29) is 0 Å². The average molecular weight is 172 g/mol. The largest absolute Gasteiger partial charge is 0.335 e. The van der Waals surface area contributed by atoms with Crippen molar-refractivity contribution in [3.05, 3.63) is 30.1 Å². The lowest BCUT2D eigenvalue weighted by molar-refractivity contribution is 0.936. The van der Waals surface area contributed by atoms with Crippen LogP contribution in [0.2, 0.25) is 0 Å². The predicted molar refractivity (Wildman–Crippen MR) is 52.7 cm³/mol. The van der Waals surface area contributed by atoms with Gasteiger partial charge in [0.1, 0.15) is 5.65 Å². The first kappa shape index (κ1) is 7.13. The van der Waals surface area contributed by atoms with Gasteiger partial charge in [0.15, 0.2) is 0 Å². The molecular formula is C11H12N2. The minimum absolute atomic E-state index is 0.813. The van der Waals surface area contributed by atoms with Crippen LogP contribution in [0.5, 0.6) is 0 Å². The molecule has 13 heavy (non-hydrogen) atoms. The Bertz CT molecular complexity index is 452. The lowest BCUT2D eigenvalue weighted by Gasteiger charge is -1.92. The van der Waals surface area contributed by atoms with Gasteiger partial charge in [0.05, 0.1) is 0 Å². The number of hydrogen-bond donors (Lipinski definition) is 0. The third-order valence-electron chi connectivity index (χ3n) is 2.78. The highest BCUT2D eigenvalue weighted by molar-refractivity contribution is 5.81. The standard InChI is InChI=1S/C11H12N2/c1-13-7-10(8-4-5-8)9-3-2-6-12-11(9)13/h2-3,6-8H,4-5H2,1H3. The van der Waals surface area contributed by atoms with E-state index in [0.717, 1.165) is 11.6 Å². The summed E-state index contributed by atoms with van der Waals surface area (Å²) in [5.41, 5.74) is 2.61. The van der Waals surface area contributed by atoms with Crippen molar-refractivity contribution in [2.45, 2.75) is 18.8 Å². The molecule has 1 aliphatic rings. The second kappa shape index (κ2) is 2.34. The lowest BCUT2D eigenvalue weighted by atomic mass is 10.1. The molecule has 0 atom stereocenters. The summed E-state index contributed by atoms with van der Waals surface area (Å²) in [6.45, 7) is 0. The van der Waals surface area contributed by atoms with Crippen molar-refractivity contribution >= 4 is 11.0 Å². The maximum absolute atomic E-state index is 4.37. The van der Waals surface area contributed by atoms with Crippen LogP contribution in [0.4, 0.5) is 0 Å². The van der Waals surface area contributed by atoms with Crippen LogP contribution >= 0.6 is 0 Å². The van der Waals surface area contributed by atoms with E-state index >= 15 is 0 Å². The van der Waals surface area contributed by atoms with Crippen molar-refractivity contribution in [3.8, 4) is 0 Å². The van der Waals surface area contributed by atoms with Crippen molar-refractivity contribution in [2.75, 3.05) is 0 Å². The maximum Gasteiger partial charge on any atom is 0.139 e. The van der Waals surface area contributed by atoms with Crippen LogP contribution in [0.1, 0.15) is 24.3 Å². The number of rotatable bonds is 1. The van der Waals surface area contributed by atoms with Crippen LogP contribution in [-0.4, -0.2) is 9.55 Å². The minimum atomic E-state index is 0.813. The molecule has 0 saturated heterocycles. The van der Waals surface area contributed by atoms with Gasteiger partial charge in [0.2, 0.25) is 0 Å². The smallest absolute Gasteiger partial charge is 0.139 e. The summed E-state index contributed by atoms with van der Waals surface area (Å²) >= 11 is 0. The Morgan fingerprint density at radius 1 is 1.46 bits per heavy atom. The molecule has 0 N–H and O–H groups in total. The number of aromatic nitrogens is 2. The first-order chi connectivity index (χ1) is 6.36. The molecule has 0 aromatic carbocycles. The zero-order valence-corrected chi connectivity index (χ0v) is 7.70. The van der Waals surface area contributed by atoms with E-state index in [1.807, 2.05) is 12.3 Å². The minimum Gasteiger partial charge on any atom is -0.335 e. The van der Waals surface area contributed by atoms with E-state index in [0.29, 0.717) is 0 Å². The van der Waals surface area contributed by atoms with E-state index in [1.165, 1.54) is 23.8 Å².